The number of phenols is 1. The molecule has 0 radical (unpaired) electrons. The van der Waals surface area contributed by atoms with Crippen molar-refractivity contribution in [3.05, 3.63) is 66.5 Å². The fraction of sp³-hybridized carbons (Fsp3) is 0.143. The van der Waals surface area contributed by atoms with Gasteiger partial charge >= 0.3 is 0 Å². The molecular formula is C14H16O2. The van der Waals surface area contributed by atoms with Crippen LogP contribution in [0.5, 0.6) is 5.75 Å². The largest absolute Gasteiger partial charge is 0.508 e. The van der Waals surface area contributed by atoms with Crippen LogP contribution in [0.4, 0.5) is 0 Å². The molecule has 1 aromatic rings. The van der Waals surface area contributed by atoms with Crippen molar-refractivity contribution >= 4 is 0 Å². The number of aromatic hydroxyl groups is 1. The summed E-state index contributed by atoms with van der Waals surface area (Å²) in [4.78, 5) is 0. The average Bonchev–Trinajstić information content (AvgIpc) is 2.27. The van der Waals surface area contributed by atoms with Crippen LogP contribution in [0.3, 0.4) is 0 Å². The van der Waals surface area contributed by atoms with Gasteiger partial charge in [-0.3, -0.25) is 0 Å². The molecule has 0 spiro atoms. The molecule has 2 nitrogen and oxygen atoms in total. The Balaban J connectivity index is 2.38. The van der Waals surface area contributed by atoms with E-state index >= 15 is 0 Å². The topological polar surface area (TPSA) is 40.5 Å². The number of hydrogen-bond acceptors (Lipinski definition) is 2. The molecule has 0 saturated carbocycles. The van der Waals surface area contributed by atoms with Crippen LogP contribution < -0.4 is 0 Å². The fourth-order valence-corrected chi connectivity index (χ4v) is 1.29. The van der Waals surface area contributed by atoms with Crippen molar-refractivity contribution < 1.29 is 10.2 Å². The molecule has 1 rings (SSSR count). The van der Waals surface area contributed by atoms with E-state index in [-0.39, 0.29) is 11.5 Å². The highest BCUT2D eigenvalue weighted by Gasteiger charge is 1.91. The summed E-state index contributed by atoms with van der Waals surface area (Å²) in [5.74, 6) is 0.492. The summed E-state index contributed by atoms with van der Waals surface area (Å²) in [6, 6.07) is 7.13. The van der Waals surface area contributed by atoms with Crippen LogP contribution >= 0.6 is 0 Å². The van der Waals surface area contributed by atoms with Gasteiger partial charge in [0.25, 0.3) is 0 Å². The Morgan fingerprint density at radius 1 is 1.25 bits per heavy atom. The number of rotatable bonds is 5. The van der Waals surface area contributed by atoms with Gasteiger partial charge in [-0.1, -0.05) is 30.9 Å². The molecule has 0 heterocycles. The number of aliphatic hydroxyl groups excluding tert-OH is 1. The molecule has 0 bridgehead atoms. The second kappa shape index (κ2) is 6.51. The first-order chi connectivity index (χ1) is 7.72. The minimum atomic E-state index is 0.209. The summed E-state index contributed by atoms with van der Waals surface area (Å²) >= 11 is 0. The van der Waals surface area contributed by atoms with Crippen molar-refractivity contribution in [2.24, 2.45) is 0 Å². The van der Waals surface area contributed by atoms with Gasteiger partial charge in [0.15, 0.2) is 0 Å². The van der Waals surface area contributed by atoms with Crippen molar-refractivity contribution in [1.29, 1.82) is 0 Å². The van der Waals surface area contributed by atoms with E-state index in [1.54, 1.807) is 24.3 Å². The standard InChI is InChI=1S/C14H16O2/c1-2-5-13(15)7-4-3-6-12-8-10-14(16)11-9-12/h2,4-5,7-11,15-16H,1,3,6H2/b7-4-,13-5+. The predicted molar refractivity (Wildman–Crippen MR) is 66.5 cm³/mol. The first-order valence-electron chi connectivity index (χ1n) is 5.18. The Labute approximate surface area is 95.9 Å². The van der Waals surface area contributed by atoms with Gasteiger partial charge in [-0.2, -0.15) is 0 Å². The number of aryl methyl sites for hydroxylation is 1. The second-order valence-electron chi connectivity index (χ2n) is 3.43. The molecule has 0 saturated heterocycles. The maximum absolute atomic E-state index is 9.25. The van der Waals surface area contributed by atoms with Crippen LogP contribution in [0.2, 0.25) is 0 Å². The van der Waals surface area contributed by atoms with Crippen molar-refractivity contribution in [2.45, 2.75) is 12.8 Å². The van der Waals surface area contributed by atoms with Crippen LogP contribution in [0, 0.1) is 0 Å². The fourth-order valence-electron chi connectivity index (χ4n) is 1.29. The van der Waals surface area contributed by atoms with Crippen molar-refractivity contribution in [3.63, 3.8) is 0 Å². The first-order valence-corrected chi connectivity index (χ1v) is 5.18. The zero-order chi connectivity index (χ0) is 11.8. The van der Waals surface area contributed by atoms with Gasteiger partial charge in [0.05, 0.1) is 0 Å². The SMILES string of the molecule is C=C/C=C(O)\C=C/CCc1ccc(O)cc1. The molecule has 0 unspecified atom stereocenters. The quantitative estimate of drug-likeness (QED) is 0.584. The number of hydrogen-bond donors (Lipinski definition) is 2. The molecule has 0 aromatic heterocycles. The molecule has 0 fully saturated rings. The first kappa shape index (κ1) is 12.1. The number of phenolic OH excluding ortho intramolecular Hbond substituents is 1. The molecular weight excluding hydrogens is 200 g/mol. The lowest BCUT2D eigenvalue weighted by atomic mass is 10.1. The molecule has 0 aliphatic heterocycles. The third-order valence-electron chi connectivity index (χ3n) is 2.11. The van der Waals surface area contributed by atoms with Gasteiger partial charge in [-0.15, -0.1) is 0 Å². The lowest BCUT2D eigenvalue weighted by molar-refractivity contribution is 0.432. The van der Waals surface area contributed by atoms with Crippen molar-refractivity contribution in [1.82, 2.24) is 0 Å². The lowest BCUT2D eigenvalue weighted by Gasteiger charge is -1.98. The molecule has 0 aliphatic rings. The number of benzene rings is 1. The molecule has 2 N–H and O–H groups in total. The Hall–Kier alpha value is -1.96. The molecule has 16 heavy (non-hydrogen) atoms. The van der Waals surface area contributed by atoms with Crippen LogP contribution in [0.15, 0.2) is 60.9 Å². The maximum Gasteiger partial charge on any atom is 0.115 e. The minimum Gasteiger partial charge on any atom is -0.508 e. The van der Waals surface area contributed by atoms with Crippen LogP contribution in [-0.2, 0) is 6.42 Å². The minimum absolute atomic E-state index is 0.209. The Morgan fingerprint density at radius 3 is 2.56 bits per heavy atom. The second-order valence-corrected chi connectivity index (χ2v) is 3.43. The van der Waals surface area contributed by atoms with Gasteiger partial charge in [0.1, 0.15) is 11.5 Å². The Kier molecular flexibility index (Phi) is 4.93. The summed E-state index contributed by atoms with van der Waals surface area (Å²) in [6.45, 7) is 3.49. The monoisotopic (exact) mass is 216 g/mol. The Morgan fingerprint density at radius 2 is 1.94 bits per heavy atom. The molecule has 1 aromatic carbocycles. The predicted octanol–water partition coefficient (Wildman–Crippen LogP) is 3.51. The van der Waals surface area contributed by atoms with E-state index in [9.17, 15) is 5.11 Å². The van der Waals surface area contributed by atoms with Gasteiger partial charge < -0.3 is 10.2 Å². The van der Waals surface area contributed by atoms with Crippen molar-refractivity contribution in [2.75, 3.05) is 0 Å². The molecule has 0 aliphatic carbocycles. The number of allylic oxidation sites excluding steroid dienone is 4. The highest BCUT2D eigenvalue weighted by Crippen LogP contribution is 2.11. The van der Waals surface area contributed by atoms with E-state index < -0.39 is 0 Å². The van der Waals surface area contributed by atoms with Gasteiger partial charge in [0, 0.05) is 0 Å². The van der Waals surface area contributed by atoms with E-state index in [0.29, 0.717) is 0 Å². The van der Waals surface area contributed by atoms with E-state index in [1.807, 2.05) is 18.2 Å². The molecule has 84 valence electrons. The van der Waals surface area contributed by atoms with Crippen LogP contribution in [-0.4, -0.2) is 10.2 Å². The van der Waals surface area contributed by atoms with Gasteiger partial charge in [-0.05, 0) is 42.7 Å². The zero-order valence-corrected chi connectivity index (χ0v) is 9.13. The summed E-state index contributed by atoms with van der Waals surface area (Å²) in [5.41, 5.74) is 1.16. The lowest BCUT2D eigenvalue weighted by Crippen LogP contribution is -1.82. The van der Waals surface area contributed by atoms with Crippen LogP contribution in [0.1, 0.15) is 12.0 Å². The average molecular weight is 216 g/mol. The van der Waals surface area contributed by atoms with Gasteiger partial charge in [0.2, 0.25) is 0 Å². The molecule has 2 heteroatoms. The maximum atomic E-state index is 9.25. The van der Waals surface area contributed by atoms with E-state index in [0.717, 1.165) is 18.4 Å². The molecule has 0 atom stereocenters. The van der Waals surface area contributed by atoms with E-state index in [2.05, 4.69) is 6.58 Å². The summed E-state index contributed by atoms with van der Waals surface area (Å²) in [6.07, 6.45) is 8.37. The number of aliphatic hydroxyl groups is 1. The van der Waals surface area contributed by atoms with E-state index in [4.69, 9.17) is 5.11 Å². The smallest absolute Gasteiger partial charge is 0.115 e. The van der Waals surface area contributed by atoms with Crippen LogP contribution in [0.25, 0.3) is 0 Å². The third kappa shape index (κ3) is 4.51. The highest BCUT2D eigenvalue weighted by molar-refractivity contribution is 5.26. The normalized spacial score (nSPS) is 11.9. The highest BCUT2D eigenvalue weighted by atomic mass is 16.3. The summed E-state index contributed by atoms with van der Waals surface area (Å²) in [5, 5.41) is 18.3. The summed E-state index contributed by atoms with van der Waals surface area (Å²) in [7, 11) is 0. The van der Waals surface area contributed by atoms with Gasteiger partial charge in [-0.25, -0.2) is 0 Å². The molecule has 0 amide bonds. The summed E-state index contributed by atoms with van der Waals surface area (Å²) < 4.78 is 0. The Bertz CT molecular complexity index is 386. The third-order valence-corrected chi connectivity index (χ3v) is 2.11. The van der Waals surface area contributed by atoms with Crippen molar-refractivity contribution in [3.8, 4) is 5.75 Å². The zero-order valence-electron chi connectivity index (χ0n) is 9.13. The van der Waals surface area contributed by atoms with E-state index in [1.165, 1.54) is 6.08 Å².